The first-order chi connectivity index (χ1) is 17.5. The number of nitrogens with zero attached hydrogens (tertiary/aromatic N) is 3. The molecule has 12 nitrogen and oxygen atoms in total. The number of carbonyl (C=O) groups is 3. The molecular formula is C24H34N6O6S. The third-order valence-electron chi connectivity index (χ3n) is 6.04. The molecule has 1 fully saturated rings. The third-order valence-corrected chi connectivity index (χ3v) is 7.39. The van der Waals surface area contributed by atoms with Gasteiger partial charge in [-0.25, -0.2) is 13.1 Å². The lowest BCUT2D eigenvalue weighted by atomic mass is 10.1. The minimum absolute atomic E-state index is 0.0189. The monoisotopic (exact) mass is 534 g/mol. The van der Waals surface area contributed by atoms with Gasteiger partial charge in [-0.05, 0) is 51.1 Å². The van der Waals surface area contributed by atoms with Crippen molar-refractivity contribution in [3.8, 4) is 5.75 Å². The quantitative estimate of drug-likeness (QED) is 0.388. The van der Waals surface area contributed by atoms with Crippen LogP contribution in [0.4, 0.5) is 5.69 Å². The van der Waals surface area contributed by atoms with Crippen LogP contribution >= 0.6 is 0 Å². The second-order valence-electron chi connectivity index (χ2n) is 9.09. The standard InChI is InChI=1S/C24H34N6O6S/c1-5-7-18-20(21(22(25)31)30(4)27-18)26-24(33)17-13-16(8-9-19(17)36-12-6-2)37(34,35)28-23(32)15-10-11-29(3)14-15/h8-9,13,15H,5-7,10-12,14H2,1-4H3,(H2,25,31)(H,26,33)(H,28,32). The number of primary amides is 1. The number of amides is 3. The van der Waals surface area contributed by atoms with E-state index in [9.17, 15) is 22.8 Å². The molecule has 3 rings (SSSR count). The maximum atomic E-state index is 13.4. The summed E-state index contributed by atoms with van der Waals surface area (Å²) in [4.78, 5) is 39.7. The Morgan fingerprint density at radius 3 is 2.51 bits per heavy atom. The van der Waals surface area contributed by atoms with E-state index in [1.807, 2.05) is 25.8 Å². The van der Waals surface area contributed by atoms with Gasteiger partial charge in [0.1, 0.15) is 11.4 Å². The summed E-state index contributed by atoms with van der Waals surface area (Å²) in [6.45, 7) is 5.27. The number of ether oxygens (including phenoxy) is 1. The van der Waals surface area contributed by atoms with Crippen molar-refractivity contribution in [2.75, 3.05) is 32.1 Å². The van der Waals surface area contributed by atoms with Crippen LogP contribution in [0.15, 0.2) is 23.1 Å². The fourth-order valence-electron chi connectivity index (χ4n) is 4.20. The van der Waals surface area contributed by atoms with Crippen molar-refractivity contribution >= 4 is 33.4 Å². The van der Waals surface area contributed by atoms with Crippen LogP contribution in [0.1, 0.15) is 59.7 Å². The zero-order valence-corrected chi connectivity index (χ0v) is 22.4. The number of nitrogens with one attached hydrogen (secondary N) is 2. The van der Waals surface area contributed by atoms with E-state index in [-0.39, 0.29) is 27.6 Å². The molecule has 13 heteroatoms. The average molecular weight is 535 g/mol. The molecule has 0 spiro atoms. The van der Waals surface area contributed by atoms with Gasteiger partial charge >= 0.3 is 0 Å². The Morgan fingerprint density at radius 2 is 1.92 bits per heavy atom. The number of sulfonamides is 1. The summed E-state index contributed by atoms with van der Waals surface area (Å²) in [7, 11) is -0.854. The van der Waals surface area contributed by atoms with Gasteiger partial charge in [-0.1, -0.05) is 20.3 Å². The second kappa shape index (κ2) is 11.7. The predicted molar refractivity (Wildman–Crippen MR) is 137 cm³/mol. The topological polar surface area (TPSA) is 166 Å². The third kappa shape index (κ3) is 6.46. The molecule has 2 heterocycles. The van der Waals surface area contributed by atoms with E-state index >= 15 is 0 Å². The van der Waals surface area contributed by atoms with Crippen molar-refractivity contribution < 1.29 is 27.5 Å². The number of rotatable bonds is 11. The molecule has 0 aliphatic carbocycles. The molecule has 2 aromatic rings. The van der Waals surface area contributed by atoms with E-state index in [1.54, 1.807) is 7.05 Å². The molecule has 202 valence electrons. The van der Waals surface area contributed by atoms with Crippen molar-refractivity contribution in [2.24, 2.45) is 18.7 Å². The summed E-state index contributed by atoms with van der Waals surface area (Å²) in [6, 6.07) is 3.80. The summed E-state index contributed by atoms with van der Waals surface area (Å²) >= 11 is 0. The SMILES string of the molecule is CCCOc1ccc(S(=O)(=O)NC(=O)C2CCN(C)C2)cc1C(=O)Nc1c(CCC)nn(C)c1C(N)=O. The number of aryl methyl sites for hydroxylation is 2. The number of benzene rings is 1. The molecule has 1 unspecified atom stereocenters. The lowest BCUT2D eigenvalue weighted by Gasteiger charge is -2.15. The molecule has 1 atom stereocenters. The van der Waals surface area contributed by atoms with Gasteiger partial charge in [0.25, 0.3) is 21.8 Å². The van der Waals surface area contributed by atoms with Crippen molar-refractivity contribution in [1.82, 2.24) is 19.4 Å². The molecule has 3 amide bonds. The van der Waals surface area contributed by atoms with Gasteiger partial charge in [0.15, 0.2) is 0 Å². The van der Waals surface area contributed by atoms with Crippen LogP contribution in [-0.2, 0) is 28.3 Å². The summed E-state index contributed by atoms with van der Waals surface area (Å²) in [5.74, 6) is -2.35. The van der Waals surface area contributed by atoms with Crippen LogP contribution in [0.5, 0.6) is 5.75 Å². The van der Waals surface area contributed by atoms with Crippen LogP contribution in [0, 0.1) is 5.92 Å². The first-order valence-corrected chi connectivity index (χ1v) is 13.7. The van der Waals surface area contributed by atoms with E-state index in [0.717, 1.165) is 6.07 Å². The maximum Gasteiger partial charge on any atom is 0.269 e. The van der Waals surface area contributed by atoms with Crippen molar-refractivity contribution in [2.45, 2.75) is 44.4 Å². The Balaban J connectivity index is 1.96. The van der Waals surface area contributed by atoms with Crippen molar-refractivity contribution in [3.63, 3.8) is 0 Å². The first kappa shape index (κ1) is 28.1. The molecule has 1 saturated heterocycles. The van der Waals surface area contributed by atoms with Gasteiger partial charge in [0, 0.05) is 13.6 Å². The normalized spacial score (nSPS) is 15.9. The highest BCUT2D eigenvalue weighted by atomic mass is 32.2. The van der Waals surface area contributed by atoms with Crippen molar-refractivity contribution in [3.05, 3.63) is 35.2 Å². The van der Waals surface area contributed by atoms with Gasteiger partial charge in [0.05, 0.1) is 34.4 Å². The molecule has 0 radical (unpaired) electrons. The van der Waals surface area contributed by atoms with E-state index in [2.05, 4.69) is 15.1 Å². The highest BCUT2D eigenvalue weighted by Crippen LogP contribution is 2.27. The van der Waals surface area contributed by atoms with Crippen molar-refractivity contribution in [1.29, 1.82) is 0 Å². The summed E-state index contributed by atoms with van der Waals surface area (Å²) in [5.41, 5.74) is 6.10. The number of hydrogen-bond acceptors (Lipinski definition) is 8. The second-order valence-corrected chi connectivity index (χ2v) is 10.8. The summed E-state index contributed by atoms with van der Waals surface area (Å²) in [5, 5.41) is 6.97. The molecule has 1 aliphatic rings. The largest absolute Gasteiger partial charge is 0.493 e. The Hall–Kier alpha value is -3.45. The lowest BCUT2D eigenvalue weighted by molar-refractivity contribution is -0.122. The Morgan fingerprint density at radius 1 is 1.19 bits per heavy atom. The number of carbonyl (C=O) groups excluding carboxylic acids is 3. The number of hydrogen-bond donors (Lipinski definition) is 3. The molecule has 1 aliphatic heterocycles. The van der Waals surface area contributed by atoms with Gasteiger partial charge in [-0.2, -0.15) is 5.10 Å². The van der Waals surface area contributed by atoms with E-state index in [4.69, 9.17) is 10.5 Å². The maximum absolute atomic E-state index is 13.4. The van der Waals surface area contributed by atoms with Gasteiger partial charge in [0.2, 0.25) is 5.91 Å². The van der Waals surface area contributed by atoms with Crippen LogP contribution < -0.4 is 20.5 Å². The number of likely N-dealkylation sites (tertiary alicyclic amines) is 1. The van der Waals surface area contributed by atoms with Crippen LogP contribution in [0.25, 0.3) is 0 Å². The summed E-state index contributed by atoms with van der Waals surface area (Å²) < 4.78 is 35.2. The minimum Gasteiger partial charge on any atom is -0.493 e. The predicted octanol–water partition coefficient (Wildman–Crippen LogP) is 1.27. The molecular weight excluding hydrogens is 500 g/mol. The van der Waals surface area contributed by atoms with E-state index in [1.165, 1.54) is 16.8 Å². The molecule has 0 bridgehead atoms. The van der Waals surface area contributed by atoms with E-state index < -0.39 is 33.7 Å². The number of aromatic nitrogens is 2. The van der Waals surface area contributed by atoms with Crippen LogP contribution in [0.2, 0.25) is 0 Å². The van der Waals surface area contributed by atoms with Crippen LogP contribution in [0.3, 0.4) is 0 Å². The van der Waals surface area contributed by atoms with Gasteiger partial charge in [-0.15, -0.1) is 0 Å². The fourth-order valence-corrected chi connectivity index (χ4v) is 5.27. The van der Waals surface area contributed by atoms with Gasteiger partial charge < -0.3 is 20.7 Å². The van der Waals surface area contributed by atoms with Crippen LogP contribution in [-0.4, -0.2) is 67.6 Å². The Kier molecular flexibility index (Phi) is 8.92. The molecule has 1 aromatic heterocycles. The highest BCUT2D eigenvalue weighted by molar-refractivity contribution is 7.90. The summed E-state index contributed by atoms with van der Waals surface area (Å²) in [6.07, 6.45) is 2.39. The fraction of sp³-hybridized carbons (Fsp3) is 0.500. The molecule has 0 saturated carbocycles. The average Bonchev–Trinajstić information content (AvgIpc) is 3.40. The molecule has 4 N–H and O–H groups in total. The van der Waals surface area contributed by atoms with E-state index in [0.29, 0.717) is 51.1 Å². The first-order valence-electron chi connectivity index (χ1n) is 12.2. The Labute approximate surface area is 216 Å². The number of nitrogens with two attached hydrogens (primary N) is 1. The lowest BCUT2D eigenvalue weighted by Crippen LogP contribution is -2.36. The smallest absolute Gasteiger partial charge is 0.269 e. The highest BCUT2D eigenvalue weighted by Gasteiger charge is 2.30. The van der Waals surface area contributed by atoms with Gasteiger partial charge in [-0.3, -0.25) is 19.1 Å². The Bertz CT molecular complexity index is 1290. The molecule has 1 aromatic carbocycles. The minimum atomic E-state index is -4.26. The molecule has 37 heavy (non-hydrogen) atoms. The number of anilines is 1. The zero-order chi connectivity index (χ0) is 27.3. The zero-order valence-electron chi connectivity index (χ0n) is 21.5.